The van der Waals surface area contributed by atoms with Crippen LogP contribution in [0.1, 0.15) is 25.0 Å². The van der Waals surface area contributed by atoms with E-state index in [0.717, 1.165) is 11.1 Å². The average Bonchev–Trinajstić information content (AvgIpc) is 2.42. The molecule has 0 aliphatic heterocycles. The van der Waals surface area contributed by atoms with E-state index in [1.54, 1.807) is 6.07 Å². The number of benzene rings is 1. The molecule has 1 heterocycles. The number of carbonyl (C=O) groups is 1. The smallest absolute Gasteiger partial charge is 0.235 e. The maximum absolute atomic E-state index is 12.5. The lowest BCUT2D eigenvalue weighted by Gasteiger charge is -2.24. The molecule has 1 aromatic carbocycles. The van der Waals surface area contributed by atoms with Gasteiger partial charge in [0.15, 0.2) is 0 Å². The molecule has 0 atom stereocenters. The topological polar surface area (TPSA) is 68.0 Å². The second-order valence-electron chi connectivity index (χ2n) is 5.38. The van der Waals surface area contributed by atoms with Crippen LogP contribution in [-0.2, 0) is 10.2 Å². The van der Waals surface area contributed by atoms with Gasteiger partial charge in [0.1, 0.15) is 5.82 Å². The zero-order valence-electron chi connectivity index (χ0n) is 12.0. The van der Waals surface area contributed by atoms with Gasteiger partial charge in [-0.05, 0) is 38.0 Å². The number of nitrogen functional groups attached to an aromatic ring is 1. The molecule has 0 spiro atoms. The number of aromatic nitrogens is 1. The summed E-state index contributed by atoms with van der Waals surface area (Å²) in [5.41, 5.74) is 7.43. The normalized spacial score (nSPS) is 11.2. The van der Waals surface area contributed by atoms with Gasteiger partial charge in [0, 0.05) is 0 Å². The molecule has 2 aromatic rings. The third kappa shape index (κ3) is 2.79. The number of anilines is 2. The number of nitrogens with zero attached hydrogens (tertiary/aromatic N) is 1. The molecule has 1 amide bonds. The molecule has 0 radical (unpaired) electrons. The van der Waals surface area contributed by atoms with Crippen LogP contribution in [0.15, 0.2) is 42.6 Å². The van der Waals surface area contributed by atoms with Crippen LogP contribution in [0.5, 0.6) is 0 Å². The fourth-order valence-corrected chi connectivity index (χ4v) is 1.98. The number of rotatable bonds is 3. The molecule has 2 rings (SSSR count). The van der Waals surface area contributed by atoms with Gasteiger partial charge in [-0.15, -0.1) is 0 Å². The van der Waals surface area contributed by atoms with Crippen molar-refractivity contribution in [3.8, 4) is 0 Å². The minimum atomic E-state index is -0.628. The third-order valence-corrected chi connectivity index (χ3v) is 3.39. The van der Waals surface area contributed by atoms with Gasteiger partial charge in [-0.25, -0.2) is 4.98 Å². The fourth-order valence-electron chi connectivity index (χ4n) is 1.98. The number of carbonyl (C=O) groups excluding carboxylic acids is 1. The quantitative estimate of drug-likeness (QED) is 0.900. The summed E-state index contributed by atoms with van der Waals surface area (Å²) in [5.74, 6) is 0.456. The number of hydrogen-bond donors (Lipinski definition) is 2. The number of aryl methyl sites for hydroxylation is 1. The molecule has 20 heavy (non-hydrogen) atoms. The van der Waals surface area contributed by atoms with Crippen LogP contribution in [0.25, 0.3) is 0 Å². The van der Waals surface area contributed by atoms with E-state index in [1.807, 2.05) is 51.1 Å². The largest absolute Gasteiger partial charge is 0.397 e. The summed E-state index contributed by atoms with van der Waals surface area (Å²) in [6, 6.07) is 11.5. The van der Waals surface area contributed by atoms with Gasteiger partial charge >= 0.3 is 0 Å². The van der Waals surface area contributed by atoms with E-state index in [1.165, 1.54) is 6.20 Å². The average molecular weight is 269 g/mol. The first-order chi connectivity index (χ1) is 9.41. The SMILES string of the molecule is Cc1cc(N)cnc1NC(=O)C(C)(C)c1ccccc1. The Morgan fingerprint density at radius 1 is 1.25 bits per heavy atom. The first-order valence-electron chi connectivity index (χ1n) is 6.50. The van der Waals surface area contributed by atoms with Gasteiger partial charge in [-0.2, -0.15) is 0 Å². The predicted octanol–water partition coefficient (Wildman–Crippen LogP) is 2.89. The van der Waals surface area contributed by atoms with E-state index >= 15 is 0 Å². The first-order valence-corrected chi connectivity index (χ1v) is 6.50. The van der Waals surface area contributed by atoms with Gasteiger partial charge in [0.05, 0.1) is 17.3 Å². The maximum Gasteiger partial charge on any atom is 0.235 e. The maximum atomic E-state index is 12.5. The zero-order chi connectivity index (χ0) is 14.8. The molecule has 0 bridgehead atoms. The number of amides is 1. The van der Waals surface area contributed by atoms with Crippen LogP contribution in [0, 0.1) is 6.92 Å². The molecular weight excluding hydrogens is 250 g/mol. The number of nitrogens with two attached hydrogens (primary N) is 1. The highest BCUT2D eigenvalue weighted by Crippen LogP contribution is 2.25. The highest BCUT2D eigenvalue weighted by atomic mass is 16.2. The molecule has 0 fully saturated rings. The van der Waals surface area contributed by atoms with E-state index in [4.69, 9.17) is 5.73 Å². The highest BCUT2D eigenvalue weighted by molar-refractivity contribution is 5.98. The third-order valence-electron chi connectivity index (χ3n) is 3.39. The summed E-state index contributed by atoms with van der Waals surface area (Å²) in [6.45, 7) is 5.66. The fraction of sp³-hybridized carbons (Fsp3) is 0.250. The van der Waals surface area contributed by atoms with Crippen LogP contribution < -0.4 is 11.1 Å². The summed E-state index contributed by atoms with van der Waals surface area (Å²) >= 11 is 0. The number of nitrogens with one attached hydrogen (secondary N) is 1. The van der Waals surface area contributed by atoms with Crippen molar-refractivity contribution >= 4 is 17.4 Å². The van der Waals surface area contributed by atoms with E-state index in [9.17, 15) is 4.79 Å². The van der Waals surface area contributed by atoms with Crippen molar-refractivity contribution in [1.82, 2.24) is 4.98 Å². The Bertz CT molecular complexity index is 621. The lowest BCUT2D eigenvalue weighted by atomic mass is 9.84. The standard InChI is InChI=1S/C16H19N3O/c1-11-9-13(17)10-18-14(11)19-15(20)16(2,3)12-7-5-4-6-8-12/h4-10H,17H2,1-3H3,(H,18,19,20). The summed E-state index contributed by atoms with van der Waals surface area (Å²) in [6.07, 6.45) is 1.54. The van der Waals surface area contributed by atoms with Crippen LogP contribution in [0.3, 0.4) is 0 Å². The summed E-state index contributed by atoms with van der Waals surface area (Å²) in [5, 5.41) is 2.87. The van der Waals surface area contributed by atoms with Crippen molar-refractivity contribution < 1.29 is 4.79 Å². The molecule has 4 heteroatoms. The molecule has 3 N–H and O–H groups in total. The minimum Gasteiger partial charge on any atom is -0.397 e. The Kier molecular flexibility index (Phi) is 3.74. The molecule has 0 aliphatic rings. The molecule has 1 aromatic heterocycles. The summed E-state index contributed by atoms with van der Waals surface area (Å²) in [7, 11) is 0. The zero-order valence-corrected chi connectivity index (χ0v) is 12.0. The van der Waals surface area contributed by atoms with Crippen molar-refractivity contribution in [2.75, 3.05) is 11.1 Å². The second kappa shape index (κ2) is 5.33. The van der Waals surface area contributed by atoms with Gasteiger partial charge in [0.2, 0.25) is 5.91 Å². The lowest BCUT2D eigenvalue weighted by Crippen LogP contribution is -2.35. The van der Waals surface area contributed by atoms with Gasteiger partial charge < -0.3 is 11.1 Å². The van der Waals surface area contributed by atoms with Crippen molar-refractivity contribution in [2.24, 2.45) is 0 Å². The Balaban J connectivity index is 2.23. The van der Waals surface area contributed by atoms with Crippen molar-refractivity contribution in [1.29, 1.82) is 0 Å². The molecule has 0 aliphatic carbocycles. The van der Waals surface area contributed by atoms with Crippen LogP contribution in [0.2, 0.25) is 0 Å². The Morgan fingerprint density at radius 3 is 2.50 bits per heavy atom. The monoisotopic (exact) mass is 269 g/mol. The molecule has 0 unspecified atom stereocenters. The Labute approximate surface area is 119 Å². The summed E-state index contributed by atoms with van der Waals surface area (Å²) in [4.78, 5) is 16.7. The van der Waals surface area contributed by atoms with Crippen LogP contribution in [0.4, 0.5) is 11.5 Å². The van der Waals surface area contributed by atoms with E-state index in [2.05, 4.69) is 10.3 Å². The second-order valence-corrected chi connectivity index (χ2v) is 5.38. The molecule has 4 nitrogen and oxygen atoms in total. The Hall–Kier alpha value is -2.36. The van der Waals surface area contributed by atoms with Gasteiger partial charge in [-0.1, -0.05) is 30.3 Å². The molecule has 0 saturated heterocycles. The number of hydrogen-bond acceptors (Lipinski definition) is 3. The van der Waals surface area contributed by atoms with Gasteiger partial charge in [-0.3, -0.25) is 4.79 Å². The van der Waals surface area contributed by atoms with Crippen LogP contribution >= 0.6 is 0 Å². The molecular formula is C16H19N3O. The van der Waals surface area contributed by atoms with E-state index in [-0.39, 0.29) is 5.91 Å². The van der Waals surface area contributed by atoms with E-state index < -0.39 is 5.41 Å². The van der Waals surface area contributed by atoms with Crippen molar-refractivity contribution in [2.45, 2.75) is 26.2 Å². The van der Waals surface area contributed by atoms with Crippen LogP contribution in [-0.4, -0.2) is 10.9 Å². The first kappa shape index (κ1) is 14.1. The van der Waals surface area contributed by atoms with Gasteiger partial charge in [0.25, 0.3) is 0 Å². The van der Waals surface area contributed by atoms with Crippen molar-refractivity contribution in [3.05, 3.63) is 53.7 Å². The highest BCUT2D eigenvalue weighted by Gasteiger charge is 2.30. The van der Waals surface area contributed by atoms with Crippen molar-refractivity contribution in [3.63, 3.8) is 0 Å². The minimum absolute atomic E-state index is 0.0935. The summed E-state index contributed by atoms with van der Waals surface area (Å²) < 4.78 is 0. The molecule has 104 valence electrons. The number of pyridine rings is 1. The van der Waals surface area contributed by atoms with E-state index in [0.29, 0.717) is 11.5 Å². The lowest BCUT2D eigenvalue weighted by molar-refractivity contribution is -0.120. The predicted molar refractivity (Wildman–Crippen MR) is 81.5 cm³/mol. The Morgan fingerprint density at radius 2 is 1.90 bits per heavy atom. The molecule has 0 saturated carbocycles.